The van der Waals surface area contributed by atoms with E-state index in [1.165, 1.54) is 6.07 Å². The molecule has 1 aromatic rings. The van der Waals surface area contributed by atoms with E-state index >= 15 is 0 Å². The zero-order chi connectivity index (χ0) is 8.43. The van der Waals surface area contributed by atoms with Gasteiger partial charge in [-0.3, -0.25) is 10.1 Å². The number of nitro groups is 1. The molecule has 0 saturated carbocycles. The summed E-state index contributed by atoms with van der Waals surface area (Å²) in [6.45, 7) is 0. The van der Waals surface area contributed by atoms with E-state index in [4.69, 9.17) is 10.2 Å². The number of aromatic hydroxyl groups is 2. The van der Waals surface area contributed by atoms with Gasteiger partial charge in [-0.1, -0.05) is 6.07 Å². The van der Waals surface area contributed by atoms with Crippen molar-refractivity contribution in [3.8, 4) is 11.5 Å². The Balaban J connectivity index is 0.00000121. The monoisotopic (exact) mass is 363 g/mol. The number of phenolic OH excluding ortho intramolecular Hbond substituents is 2. The molecule has 12 heavy (non-hydrogen) atoms. The molecule has 0 bridgehead atoms. The molecule has 0 atom stereocenters. The van der Waals surface area contributed by atoms with Crippen LogP contribution in [-0.2, 0) is 0 Å². The number of hydrogen-bond acceptors (Lipinski definition) is 4. The minimum absolute atomic E-state index is 0. The van der Waals surface area contributed by atoms with Crippen LogP contribution in [0.3, 0.4) is 0 Å². The Hall–Kier alpha value is -0.858. The van der Waals surface area contributed by atoms with Gasteiger partial charge in [0.25, 0.3) is 0 Å². The largest absolute Gasteiger partial charge is 0.502 e. The molecule has 2 N–H and O–H groups in total. The first-order valence-corrected chi connectivity index (χ1v) is 2.78. The zero-order valence-electron chi connectivity index (χ0n) is 5.89. The summed E-state index contributed by atoms with van der Waals surface area (Å²) in [5.41, 5.74) is -0.660. The fourth-order valence-corrected chi connectivity index (χ4v) is 0.707. The smallest absolute Gasteiger partial charge is 0.351 e. The molecule has 5 nitrogen and oxygen atoms in total. The van der Waals surface area contributed by atoms with Gasteiger partial charge >= 0.3 is 5.69 Å². The molecule has 0 aromatic heterocycles. The molecule has 1 aromatic carbocycles. The Labute approximate surface area is 88.0 Å². The average Bonchev–Trinajstić information content (AvgIpc) is 1.85. The number of para-hydroxylation sites is 1. The van der Waals surface area contributed by atoms with Crippen LogP contribution in [0.15, 0.2) is 18.2 Å². The third-order valence-corrected chi connectivity index (χ3v) is 1.18. The summed E-state index contributed by atoms with van der Waals surface area (Å²) in [6, 6.07) is 3.59. The van der Waals surface area contributed by atoms with Crippen molar-refractivity contribution >= 4 is 33.0 Å². The van der Waals surface area contributed by atoms with Gasteiger partial charge in [-0.2, -0.15) is 0 Å². The van der Waals surface area contributed by atoms with Gasteiger partial charge < -0.3 is 10.2 Å². The maximum atomic E-state index is 10.1. The molecule has 4 radical (unpaired) electrons. The fourth-order valence-electron chi connectivity index (χ4n) is 0.707. The van der Waals surface area contributed by atoms with E-state index in [9.17, 15) is 10.1 Å². The number of phenols is 2. The predicted octanol–water partition coefficient (Wildman–Crippen LogP) is 0.625. The van der Waals surface area contributed by atoms with Crippen molar-refractivity contribution in [1.82, 2.24) is 0 Å². The minimum Gasteiger partial charge on any atom is -0.502 e. The predicted molar refractivity (Wildman–Crippen MR) is 42.2 cm³/mol. The first kappa shape index (κ1) is 11.1. The summed E-state index contributed by atoms with van der Waals surface area (Å²) in [6.07, 6.45) is 0. The van der Waals surface area contributed by atoms with Crippen molar-refractivity contribution in [1.29, 1.82) is 0 Å². The van der Waals surface area contributed by atoms with Crippen LogP contribution in [0.25, 0.3) is 0 Å². The van der Waals surface area contributed by atoms with Crippen LogP contribution in [0.4, 0.5) is 5.69 Å². The van der Waals surface area contributed by atoms with Gasteiger partial charge in [0.1, 0.15) is 0 Å². The molecular formula is C6H5NO4Pb. The number of benzene rings is 1. The van der Waals surface area contributed by atoms with E-state index < -0.39 is 22.1 Å². The fraction of sp³-hybridized carbons (Fsp3) is 0. The van der Waals surface area contributed by atoms with Gasteiger partial charge in [-0.05, 0) is 12.1 Å². The van der Waals surface area contributed by atoms with Crippen LogP contribution in [0.1, 0.15) is 0 Å². The van der Waals surface area contributed by atoms with Gasteiger partial charge in [-0.15, -0.1) is 0 Å². The maximum Gasteiger partial charge on any atom is 0.351 e. The first-order chi connectivity index (χ1) is 5.13. The zero-order valence-corrected chi connectivity index (χ0v) is 9.78. The van der Waals surface area contributed by atoms with Crippen LogP contribution in [-0.4, -0.2) is 42.4 Å². The Morgan fingerprint density at radius 2 is 1.67 bits per heavy atom. The molecule has 0 unspecified atom stereocenters. The van der Waals surface area contributed by atoms with Crippen molar-refractivity contribution in [3.63, 3.8) is 0 Å². The first-order valence-electron chi connectivity index (χ1n) is 2.78. The maximum absolute atomic E-state index is 10.1. The molecule has 1 rings (SSSR count). The van der Waals surface area contributed by atoms with Crippen LogP contribution < -0.4 is 0 Å². The number of hydrogen-bond donors (Lipinski definition) is 2. The van der Waals surface area contributed by atoms with E-state index in [0.29, 0.717) is 0 Å². The third-order valence-electron chi connectivity index (χ3n) is 1.18. The molecule has 0 aliphatic heterocycles. The summed E-state index contributed by atoms with van der Waals surface area (Å²) in [7, 11) is 0. The molecule has 6 heteroatoms. The van der Waals surface area contributed by atoms with Crippen molar-refractivity contribution in [3.05, 3.63) is 28.3 Å². The molecule has 0 aliphatic carbocycles. The van der Waals surface area contributed by atoms with Crippen molar-refractivity contribution in [2.24, 2.45) is 0 Å². The molecule has 0 amide bonds. The Morgan fingerprint density at radius 3 is 1.92 bits per heavy atom. The SMILES string of the molecule is O=[N+]([O-])c1c(O)cccc1O.[Pb]. The molecule has 0 aliphatic rings. The van der Waals surface area contributed by atoms with Gasteiger partial charge in [0, 0.05) is 27.3 Å². The van der Waals surface area contributed by atoms with Crippen LogP contribution in [0, 0.1) is 10.1 Å². The molecule has 0 fully saturated rings. The molecule has 0 spiro atoms. The van der Waals surface area contributed by atoms with E-state index in [2.05, 4.69) is 0 Å². The summed E-state index contributed by atoms with van der Waals surface area (Å²) in [5, 5.41) is 27.8. The summed E-state index contributed by atoms with van der Waals surface area (Å²) < 4.78 is 0. The number of nitrogens with zero attached hydrogens (tertiary/aromatic N) is 1. The topological polar surface area (TPSA) is 83.6 Å². The molecule has 0 heterocycles. The molecule has 62 valence electrons. The summed E-state index contributed by atoms with van der Waals surface area (Å²) in [4.78, 5) is 9.29. The second kappa shape index (κ2) is 4.24. The van der Waals surface area contributed by atoms with E-state index in [-0.39, 0.29) is 27.3 Å². The average molecular weight is 362 g/mol. The van der Waals surface area contributed by atoms with Gasteiger partial charge in [0.2, 0.25) is 0 Å². The van der Waals surface area contributed by atoms with E-state index in [1.54, 1.807) is 0 Å². The Morgan fingerprint density at radius 1 is 1.25 bits per heavy atom. The van der Waals surface area contributed by atoms with Crippen LogP contribution in [0.5, 0.6) is 11.5 Å². The van der Waals surface area contributed by atoms with Crippen LogP contribution in [0.2, 0.25) is 0 Å². The number of rotatable bonds is 1. The third kappa shape index (κ3) is 2.06. The standard InChI is InChI=1S/C6H5NO4.Pb/c8-4-2-1-3-5(9)6(4)7(10)11;/h1-3,8-9H;. The minimum atomic E-state index is -0.843. The van der Waals surface area contributed by atoms with Gasteiger partial charge in [-0.25, -0.2) is 0 Å². The Bertz CT molecular complexity index is 281. The second-order valence-electron chi connectivity index (χ2n) is 1.90. The van der Waals surface area contributed by atoms with Crippen LogP contribution >= 0.6 is 0 Å². The quantitative estimate of drug-likeness (QED) is 0.436. The molecular weight excluding hydrogens is 357 g/mol. The summed E-state index contributed by atoms with van der Waals surface area (Å²) >= 11 is 0. The van der Waals surface area contributed by atoms with Crippen molar-refractivity contribution in [2.45, 2.75) is 0 Å². The van der Waals surface area contributed by atoms with Gasteiger partial charge in [0.15, 0.2) is 11.5 Å². The summed E-state index contributed by atoms with van der Waals surface area (Å²) in [5.74, 6) is -1.06. The van der Waals surface area contributed by atoms with E-state index in [0.717, 1.165) is 12.1 Å². The van der Waals surface area contributed by atoms with Crippen molar-refractivity contribution < 1.29 is 15.1 Å². The normalized spacial score (nSPS) is 8.67. The molecule has 0 saturated heterocycles. The van der Waals surface area contributed by atoms with E-state index in [1.807, 2.05) is 0 Å². The second-order valence-corrected chi connectivity index (χ2v) is 1.90. The Kier molecular flexibility index (Phi) is 3.94. The number of nitro benzene ring substituents is 1. The van der Waals surface area contributed by atoms with Crippen molar-refractivity contribution in [2.75, 3.05) is 0 Å². The van der Waals surface area contributed by atoms with Gasteiger partial charge in [0.05, 0.1) is 4.92 Å².